The van der Waals surface area contributed by atoms with Gasteiger partial charge in [0.1, 0.15) is 0 Å². The van der Waals surface area contributed by atoms with Crippen molar-refractivity contribution in [3.63, 3.8) is 0 Å². The highest BCUT2D eigenvalue weighted by Gasteiger charge is 2.38. The van der Waals surface area contributed by atoms with E-state index in [1.807, 2.05) is 0 Å². The van der Waals surface area contributed by atoms with Crippen LogP contribution in [0, 0.1) is 11.8 Å². The molecule has 3 aliphatic rings. The number of hydrogen-bond donors (Lipinski definition) is 1. The van der Waals surface area contributed by atoms with Gasteiger partial charge in [-0.1, -0.05) is 0 Å². The van der Waals surface area contributed by atoms with E-state index < -0.39 is 0 Å². The minimum absolute atomic E-state index is 0.947. The van der Waals surface area contributed by atoms with Crippen molar-refractivity contribution in [2.75, 3.05) is 26.2 Å². The predicted molar refractivity (Wildman–Crippen MR) is 58.3 cm³/mol. The van der Waals surface area contributed by atoms with Crippen molar-refractivity contribution in [1.29, 1.82) is 0 Å². The molecule has 0 spiro atoms. The first-order valence-corrected chi connectivity index (χ1v) is 6.36. The van der Waals surface area contributed by atoms with Crippen LogP contribution in [-0.2, 0) is 0 Å². The van der Waals surface area contributed by atoms with Gasteiger partial charge in [-0.2, -0.15) is 0 Å². The highest BCUT2D eigenvalue weighted by atomic mass is 15.2. The smallest absolute Gasteiger partial charge is 0.00987 e. The summed E-state index contributed by atoms with van der Waals surface area (Å²) in [5.74, 6) is 2.01. The number of piperidine rings is 2. The van der Waals surface area contributed by atoms with Gasteiger partial charge in [-0.05, 0) is 57.0 Å². The quantitative estimate of drug-likeness (QED) is 0.716. The van der Waals surface area contributed by atoms with Gasteiger partial charge in [0.05, 0.1) is 0 Å². The fourth-order valence-electron chi connectivity index (χ4n) is 3.66. The summed E-state index contributed by atoms with van der Waals surface area (Å²) in [5.41, 5.74) is 0. The minimum atomic E-state index is 0.947. The second-order valence-corrected chi connectivity index (χ2v) is 5.50. The summed E-state index contributed by atoms with van der Waals surface area (Å²) in [4.78, 5) is 2.78. The Kier molecular flexibility index (Phi) is 2.50. The molecule has 14 heavy (non-hydrogen) atoms. The molecule has 0 radical (unpaired) electrons. The maximum Gasteiger partial charge on any atom is 0.00987 e. The summed E-state index contributed by atoms with van der Waals surface area (Å²) in [7, 11) is 0. The fraction of sp³-hybridized carbons (Fsp3) is 1.00. The van der Waals surface area contributed by atoms with Gasteiger partial charge >= 0.3 is 0 Å². The lowest BCUT2D eigenvalue weighted by Crippen LogP contribution is -2.41. The molecular weight excluding hydrogens is 172 g/mol. The van der Waals surface area contributed by atoms with Crippen molar-refractivity contribution in [3.05, 3.63) is 0 Å². The van der Waals surface area contributed by atoms with Gasteiger partial charge in [0.15, 0.2) is 0 Å². The summed E-state index contributed by atoms with van der Waals surface area (Å²) in [5, 5.41) is 3.53. The summed E-state index contributed by atoms with van der Waals surface area (Å²) in [6.45, 7) is 5.33. The molecule has 2 nitrogen and oxygen atoms in total. The summed E-state index contributed by atoms with van der Waals surface area (Å²) in [6.07, 6.45) is 7.38. The van der Waals surface area contributed by atoms with E-state index in [4.69, 9.17) is 0 Å². The first-order valence-electron chi connectivity index (χ1n) is 6.36. The molecule has 2 bridgehead atoms. The van der Waals surface area contributed by atoms with Crippen molar-refractivity contribution in [1.82, 2.24) is 10.2 Å². The third-order valence-electron chi connectivity index (χ3n) is 4.41. The molecule has 3 fully saturated rings. The molecule has 3 atom stereocenters. The summed E-state index contributed by atoms with van der Waals surface area (Å²) >= 11 is 0. The monoisotopic (exact) mass is 194 g/mol. The van der Waals surface area contributed by atoms with Gasteiger partial charge < -0.3 is 5.32 Å². The van der Waals surface area contributed by atoms with Crippen LogP contribution in [0.4, 0.5) is 0 Å². The Morgan fingerprint density at radius 3 is 2.86 bits per heavy atom. The Hall–Kier alpha value is -0.0800. The third-order valence-corrected chi connectivity index (χ3v) is 4.41. The van der Waals surface area contributed by atoms with E-state index in [1.54, 1.807) is 0 Å². The van der Waals surface area contributed by atoms with Crippen molar-refractivity contribution in [3.8, 4) is 0 Å². The number of nitrogens with one attached hydrogen (secondary N) is 1. The van der Waals surface area contributed by atoms with Crippen LogP contribution in [0.5, 0.6) is 0 Å². The molecule has 0 aromatic carbocycles. The Morgan fingerprint density at radius 1 is 1.21 bits per heavy atom. The number of nitrogens with zero attached hydrogens (tertiary/aromatic N) is 1. The maximum atomic E-state index is 3.53. The van der Waals surface area contributed by atoms with Gasteiger partial charge in [-0.25, -0.2) is 0 Å². The van der Waals surface area contributed by atoms with Crippen molar-refractivity contribution in [2.45, 2.75) is 38.1 Å². The van der Waals surface area contributed by atoms with Gasteiger partial charge in [0.2, 0.25) is 0 Å². The normalized spacial score (nSPS) is 43.3. The average molecular weight is 194 g/mol. The Morgan fingerprint density at radius 2 is 2.21 bits per heavy atom. The predicted octanol–water partition coefficient (Wildman–Crippen LogP) is 1.47. The maximum absolute atomic E-state index is 3.53. The van der Waals surface area contributed by atoms with Crippen LogP contribution >= 0.6 is 0 Å². The second-order valence-electron chi connectivity index (χ2n) is 5.50. The highest BCUT2D eigenvalue weighted by molar-refractivity contribution is 4.93. The molecule has 2 aliphatic heterocycles. The highest BCUT2D eigenvalue weighted by Crippen LogP contribution is 2.37. The standard InChI is InChI=1S/C12H22N2/c1-2-11(7-13-5-1)9-14-8-10-3-4-12(14)6-10/h10-13H,1-9H2. The molecule has 1 N–H and O–H groups in total. The van der Waals surface area contributed by atoms with E-state index in [2.05, 4.69) is 10.2 Å². The van der Waals surface area contributed by atoms with E-state index in [0.717, 1.165) is 17.9 Å². The Labute approximate surface area is 87.0 Å². The van der Waals surface area contributed by atoms with E-state index in [-0.39, 0.29) is 0 Å². The molecule has 1 saturated carbocycles. The fourth-order valence-corrected chi connectivity index (χ4v) is 3.66. The van der Waals surface area contributed by atoms with Crippen molar-refractivity contribution in [2.24, 2.45) is 11.8 Å². The summed E-state index contributed by atoms with van der Waals surface area (Å²) < 4.78 is 0. The third kappa shape index (κ3) is 1.70. The molecule has 2 heterocycles. The molecule has 0 aromatic rings. The number of hydrogen-bond acceptors (Lipinski definition) is 2. The minimum Gasteiger partial charge on any atom is -0.316 e. The molecule has 2 saturated heterocycles. The van der Waals surface area contributed by atoms with Crippen LogP contribution in [0.2, 0.25) is 0 Å². The molecule has 0 aromatic heterocycles. The Balaban J connectivity index is 1.52. The largest absolute Gasteiger partial charge is 0.316 e. The average Bonchev–Trinajstić information content (AvgIpc) is 2.81. The molecule has 3 unspecified atom stereocenters. The second kappa shape index (κ2) is 3.82. The van der Waals surface area contributed by atoms with E-state index in [1.165, 1.54) is 58.3 Å². The SMILES string of the molecule is C1CNCC(CN2CC3CCC2C3)C1. The Bertz CT molecular complexity index is 198. The molecular formula is C12H22N2. The van der Waals surface area contributed by atoms with Crippen LogP contribution in [0.1, 0.15) is 32.1 Å². The molecule has 2 heteroatoms. The van der Waals surface area contributed by atoms with Gasteiger partial charge in [-0.3, -0.25) is 4.90 Å². The zero-order valence-corrected chi connectivity index (χ0v) is 9.04. The zero-order valence-electron chi connectivity index (χ0n) is 9.04. The van der Waals surface area contributed by atoms with Crippen LogP contribution < -0.4 is 5.32 Å². The lowest BCUT2D eigenvalue weighted by atomic mass is 9.98. The van der Waals surface area contributed by atoms with Crippen LogP contribution in [0.3, 0.4) is 0 Å². The number of likely N-dealkylation sites (tertiary alicyclic amines) is 1. The topological polar surface area (TPSA) is 15.3 Å². The van der Waals surface area contributed by atoms with Gasteiger partial charge in [-0.15, -0.1) is 0 Å². The van der Waals surface area contributed by atoms with E-state index in [0.29, 0.717) is 0 Å². The van der Waals surface area contributed by atoms with E-state index >= 15 is 0 Å². The summed E-state index contributed by atoms with van der Waals surface area (Å²) in [6, 6.07) is 0.974. The lowest BCUT2D eigenvalue weighted by Gasteiger charge is -2.32. The van der Waals surface area contributed by atoms with Crippen LogP contribution in [-0.4, -0.2) is 37.1 Å². The first-order chi connectivity index (χ1) is 6.92. The van der Waals surface area contributed by atoms with E-state index in [9.17, 15) is 0 Å². The lowest BCUT2D eigenvalue weighted by molar-refractivity contribution is 0.167. The molecule has 3 rings (SSSR count). The number of rotatable bonds is 2. The van der Waals surface area contributed by atoms with Crippen LogP contribution in [0.25, 0.3) is 0 Å². The zero-order chi connectivity index (χ0) is 9.38. The van der Waals surface area contributed by atoms with Crippen LogP contribution in [0.15, 0.2) is 0 Å². The molecule has 1 aliphatic carbocycles. The van der Waals surface area contributed by atoms with Crippen molar-refractivity contribution < 1.29 is 0 Å². The number of fused-ring (bicyclic) bond motifs is 2. The molecule has 80 valence electrons. The first kappa shape index (κ1) is 9.17. The van der Waals surface area contributed by atoms with Crippen molar-refractivity contribution >= 4 is 0 Å². The molecule has 0 amide bonds. The van der Waals surface area contributed by atoms with Gasteiger partial charge in [0, 0.05) is 19.1 Å². The van der Waals surface area contributed by atoms with Gasteiger partial charge in [0.25, 0.3) is 0 Å².